The molecule has 0 radical (unpaired) electrons. The van der Waals surface area contributed by atoms with E-state index >= 15 is 0 Å². The van der Waals surface area contributed by atoms with E-state index in [1.807, 2.05) is 0 Å². The van der Waals surface area contributed by atoms with Gasteiger partial charge in [0.2, 0.25) is 0 Å². The highest BCUT2D eigenvalue weighted by Crippen LogP contribution is 2.29. The summed E-state index contributed by atoms with van der Waals surface area (Å²) in [5, 5.41) is 3.40. The maximum absolute atomic E-state index is 12.4. The normalized spacial score (nSPS) is 23.8. The van der Waals surface area contributed by atoms with Crippen LogP contribution in [0.25, 0.3) is 0 Å². The number of benzene rings is 1. The van der Waals surface area contributed by atoms with Crippen molar-refractivity contribution < 1.29 is 13.2 Å². The minimum atomic E-state index is -4.26. The Morgan fingerprint density at radius 3 is 2.42 bits per heavy atom. The van der Waals surface area contributed by atoms with Crippen molar-refractivity contribution in [3.63, 3.8) is 0 Å². The lowest BCUT2D eigenvalue weighted by Gasteiger charge is -2.19. The van der Waals surface area contributed by atoms with Gasteiger partial charge in [-0.2, -0.15) is 13.2 Å². The minimum Gasteiger partial charge on any atom is -0.330 e. The van der Waals surface area contributed by atoms with E-state index in [1.165, 1.54) is 18.6 Å². The SMILES string of the molecule is NCC1CCCC1NCc1ccc(C(F)(F)F)cc1. The lowest BCUT2D eigenvalue weighted by molar-refractivity contribution is -0.137. The molecule has 19 heavy (non-hydrogen) atoms. The minimum absolute atomic E-state index is 0.396. The Morgan fingerprint density at radius 1 is 1.16 bits per heavy atom. The highest BCUT2D eigenvalue weighted by Gasteiger charge is 2.30. The topological polar surface area (TPSA) is 38.0 Å². The second-order valence-electron chi connectivity index (χ2n) is 5.11. The second-order valence-corrected chi connectivity index (χ2v) is 5.11. The molecular formula is C14H19F3N2. The highest BCUT2D eigenvalue weighted by atomic mass is 19.4. The van der Waals surface area contributed by atoms with Crippen LogP contribution in [-0.2, 0) is 12.7 Å². The molecule has 1 aliphatic carbocycles. The standard InChI is InChI=1S/C14H19F3N2/c15-14(16,17)12-6-4-10(5-7-12)9-19-13-3-1-2-11(13)8-18/h4-7,11,13,19H,1-3,8-9,18H2. The first-order valence-electron chi connectivity index (χ1n) is 6.60. The van der Waals surface area contributed by atoms with Gasteiger partial charge in [-0.3, -0.25) is 0 Å². The van der Waals surface area contributed by atoms with Crippen LogP contribution in [0.4, 0.5) is 13.2 Å². The molecule has 5 heteroatoms. The summed E-state index contributed by atoms with van der Waals surface area (Å²) >= 11 is 0. The van der Waals surface area contributed by atoms with E-state index in [1.54, 1.807) is 0 Å². The molecule has 1 saturated carbocycles. The number of halogens is 3. The van der Waals surface area contributed by atoms with Gasteiger partial charge < -0.3 is 11.1 Å². The predicted molar refractivity (Wildman–Crippen MR) is 68.5 cm³/mol. The maximum atomic E-state index is 12.4. The van der Waals surface area contributed by atoms with Gasteiger partial charge in [0.25, 0.3) is 0 Å². The van der Waals surface area contributed by atoms with E-state index in [9.17, 15) is 13.2 Å². The summed E-state index contributed by atoms with van der Waals surface area (Å²) in [6.45, 7) is 1.27. The summed E-state index contributed by atoms with van der Waals surface area (Å²) in [6.07, 6.45) is -0.849. The fourth-order valence-electron chi connectivity index (χ4n) is 2.65. The van der Waals surface area contributed by atoms with Crippen LogP contribution in [0.3, 0.4) is 0 Å². The van der Waals surface area contributed by atoms with E-state index in [-0.39, 0.29) is 0 Å². The molecule has 0 bridgehead atoms. The fourth-order valence-corrected chi connectivity index (χ4v) is 2.65. The Labute approximate surface area is 111 Å². The van der Waals surface area contributed by atoms with Crippen LogP contribution in [0.2, 0.25) is 0 Å². The molecule has 0 heterocycles. The summed E-state index contributed by atoms with van der Waals surface area (Å²) < 4.78 is 37.3. The second kappa shape index (κ2) is 5.92. The van der Waals surface area contributed by atoms with Gasteiger partial charge >= 0.3 is 6.18 Å². The van der Waals surface area contributed by atoms with Crippen LogP contribution in [0.15, 0.2) is 24.3 Å². The van der Waals surface area contributed by atoms with Crippen molar-refractivity contribution in [1.82, 2.24) is 5.32 Å². The molecule has 3 N–H and O–H groups in total. The first kappa shape index (κ1) is 14.3. The molecule has 2 unspecified atom stereocenters. The smallest absolute Gasteiger partial charge is 0.330 e. The molecule has 0 aromatic heterocycles. The van der Waals surface area contributed by atoms with E-state index in [4.69, 9.17) is 5.73 Å². The number of nitrogens with two attached hydrogens (primary N) is 1. The number of alkyl halides is 3. The lowest BCUT2D eigenvalue weighted by atomic mass is 10.0. The quantitative estimate of drug-likeness (QED) is 0.884. The van der Waals surface area contributed by atoms with Crippen LogP contribution < -0.4 is 11.1 Å². The molecule has 2 atom stereocenters. The lowest BCUT2D eigenvalue weighted by Crippen LogP contribution is -2.35. The molecule has 0 saturated heterocycles. The molecule has 0 amide bonds. The van der Waals surface area contributed by atoms with Gasteiger partial charge in [0.05, 0.1) is 5.56 Å². The Kier molecular flexibility index (Phi) is 4.47. The van der Waals surface area contributed by atoms with Crippen molar-refractivity contribution in [3.05, 3.63) is 35.4 Å². The first-order valence-corrected chi connectivity index (χ1v) is 6.60. The summed E-state index contributed by atoms with van der Waals surface area (Å²) in [5.41, 5.74) is 5.97. The Bertz CT molecular complexity index is 400. The molecule has 106 valence electrons. The number of rotatable bonds is 4. The predicted octanol–water partition coefficient (Wildman–Crippen LogP) is 2.92. The van der Waals surface area contributed by atoms with E-state index in [0.717, 1.165) is 30.5 Å². The summed E-state index contributed by atoms with van der Waals surface area (Å²) in [5.74, 6) is 0.495. The fraction of sp³-hybridized carbons (Fsp3) is 0.571. The molecule has 1 fully saturated rings. The van der Waals surface area contributed by atoms with Crippen LogP contribution >= 0.6 is 0 Å². The Morgan fingerprint density at radius 2 is 1.84 bits per heavy atom. The van der Waals surface area contributed by atoms with Gasteiger partial charge in [0.1, 0.15) is 0 Å². The van der Waals surface area contributed by atoms with Crippen LogP contribution in [-0.4, -0.2) is 12.6 Å². The highest BCUT2D eigenvalue weighted by molar-refractivity contribution is 5.24. The van der Waals surface area contributed by atoms with Gasteiger partial charge in [-0.15, -0.1) is 0 Å². The van der Waals surface area contributed by atoms with Crippen molar-refractivity contribution in [2.24, 2.45) is 11.7 Å². The molecule has 1 aromatic rings. The zero-order valence-corrected chi connectivity index (χ0v) is 10.7. The molecule has 1 aliphatic rings. The van der Waals surface area contributed by atoms with Gasteiger partial charge in [-0.05, 0) is 43.0 Å². The first-order chi connectivity index (χ1) is 9.00. The molecule has 0 aliphatic heterocycles. The zero-order valence-electron chi connectivity index (χ0n) is 10.7. The van der Waals surface area contributed by atoms with Gasteiger partial charge in [-0.1, -0.05) is 18.6 Å². The van der Waals surface area contributed by atoms with Crippen LogP contribution in [0.5, 0.6) is 0 Å². The third-order valence-electron chi connectivity index (χ3n) is 3.81. The van der Waals surface area contributed by atoms with Crippen molar-refractivity contribution in [1.29, 1.82) is 0 Å². The Balaban J connectivity index is 1.90. The largest absolute Gasteiger partial charge is 0.416 e. The molecule has 0 spiro atoms. The van der Waals surface area contributed by atoms with E-state index in [2.05, 4.69) is 5.32 Å². The van der Waals surface area contributed by atoms with E-state index in [0.29, 0.717) is 25.0 Å². The molecule has 1 aromatic carbocycles. The maximum Gasteiger partial charge on any atom is 0.416 e. The number of hydrogen-bond donors (Lipinski definition) is 2. The van der Waals surface area contributed by atoms with Gasteiger partial charge in [0.15, 0.2) is 0 Å². The van der Waals surface area contributed by atoms with Crippen molar-refractivity contribution in [2.45, 2.75) is 38.0 Å². The van der Waals surface area contributed by atoms with Gasteiger partial charge in [-0.25, -0.2) is 0 Å². The van der Waals surface area contributed by atoms with Crippen molar-refractivity contribution >= 4 is 0 Å². The third-order valence-corrected chi connectivity index (χ3v) is 3.81. The monoisotopic (exact) mass is 272 g/mol. The van der Waals surface area contributed by atoms with Crippen molar-refractivity contribution in [2.75, 3.05) is 6.54 Å². The summed E-state index contributed by atoms with van der Waals surface area (Å²) in [6, 6.07) is 5.72. The zero-order chi connectivity index (χ0) is 13.9. The summed E-state index contributed by atoms with van der Waals surface area (Å²) in [7, 11) is 0. The van der Waals surface area contributed by atoms with Crippen molar-refractivity contribution in [3.8, 4) is 0 Å². The van der Waals surface area contributed by atoms with Gasteiger partial charge in [0, 0.05) is 12.6 Å². The van der Waals surface area contributed by atoms with Crippen LogP contribution in [0.1, 0.15) is 30.4 Å². The van der Waals surface area contributed by atoms with Crippen LogP contribution in [0, 0.1) is 5.92 Å². The molecular weight excluding hydrogens is 253 g/mol. The number of nitrogens with one attached hydrogen (secondary N) is 1. The third kappa shape index (κ3) is 3.70. The molecule has 2 nitrogen and oxygen atoms in total. The average Bonchev–Trinajstić information content (AvgIpc) is 2.83. The summed E-state index contributed by atoms with van der Waals surface area (Å²) in [4.78, 5) is 0. The molecule has 2 rings (SSSR count). The average molecular weight is 272 g/mol. The Hall–Kier alpha value is -1.07. The number of hydrogen-bond acceptors (Lipinski definition) is 2. The van der Waals surface area contributed by atoms with E-state index < -0.39 is 11.7 Å².